The summed E-state index contributed by atoms with van der Waals surface area (Å²) in [6.07, 6.45) is 6.62. The molecular weight excluding hydrogens is 476 g/mol. The molecule has 1 heterocycles. The van der Waals surface area contributed by atoms with E-state index in [1.807, 2.05) is 30.3 Å². The number of nitrogens with one attached hydrogen (secondary N) is 1. The highest BCUT2D eigenvalue weighted by atomic mass is 32.2. The van der Waals surface area contributed by atoms with E-state index in [0.29, 0.717) is 13.8 Å². The maximum absolute atomic E-state index is 14.7. The molecule has 2 fully saturated rings. The molecule has 0 radical (unpaired) electrons. The van der Waals surface area contributed by atoms with Crippen LogP contribution in [0, 0.1) is 0 Å². The molecule has 2 aliphatic rings. The van der Waals surface area contributed by atoms with Crippen molar-refractivity contribution in [3.8, 4) is 0 Å². The topological polar surface area (TPSA) is 32.3 Å². The minimum Gasteiger partial charge on any atom is -0.343 e. The van der Waals surface area contributed by atoms with E-state index in [2.05, 4.69) is 10.2 Å². The summed E-state index contributed by atoms with van der Waals surface area (Å²) in [6.45, 7) is 3.19. The molecule has 4 rings (SSSR count). The number of hydrogen-bond donors (Lipinski definition) is 1. The molecule has 3 nitrogen and oxygen atoms in total. The Labute approximate surface area is 208 Å². The lowest BCUT2D eigenvalue weighted by Crippen LogP contribution is -2.60. The lowest BCUT2D eigenvalue weighted by atomic mass is 9.68. The van der Waals surface area contributed by atoms with Gasteiger partial charge in [0, 0.05) is 35.4 Å². The number of amides is 1. The molecule has 0 aromatic heterocycles. The Morgan fingerprint density at radius 3 is 2.11 bits per heavy atom. The SMILES string of the molecule is CSc1cc(C(C)(F)F)cc(C(C)(F)F)c1C(=O)NC(c1ccccc1)C1(N2CCCC2)CCC1. The Hall–Kier alpha value is -2.06. The van der Waals surface area contributed by atoms with Gasteiger partial charge < -0.3 is 5.32 Å². The summed E-state index contributed by atoms with van der Waals surface area (Å²) in [7, 11) is 0. The molecule has 1 N–H and O–H groups in total. The van der Waals surface area contributed by atoms with Crippen LogP contribution >= 0.6 is 11.8 Å². The van der Waals surface area contributed by atoms with Crippen molar-refractivity contribution in [2.24, 2.45) is 0 Å². The molecule has 1 aliphatic heterocycles. The minimum absolute atomic E-state index is 0.119. The standard InChI is InChI=1S/C27H32F4N2OS/c1-25(28,29)19-16-20(26(2,30)31)22(21(17-19)35-3)24(34)32-23(18-10-5-4-6-11-18)27(12-9-13-27)33-14-7-8-15-33/h4-6,10-11,16-17,23H,7-9,12-15H2,1-3H3,(H,32,34). The van der Waals surface area contributed by atoms with Gasteiger partial charge in [0.2, 0.25) is 0 Å². The number of halogens is 4. The fraction of sp³-hybridized carbons (Fsp3) is 0.519. The molecule has 1 amide bonds. The Morgan fingerprint density at radius 2 is 1.63 bits per heavy atom. The van der Waals surface area contributed by atoms with Gasteiger partial charge in [0.15, 0.2) is 0 Å². The zero-order chi connectivity index (χ0) is 25.4. The summed E-state index contributed by atoms with van der Waals surface area (Å²) < 4.78 is 57.7. The Balaban J connectivity index is 1.80. The number of carbonyl (C=O) groups is 1. The first-order valence-electron chi connectivity index (χ1n) is 12.1. The minimum atomic E-state index is -3.47. The molecule has 0 bridgehead atoms. The van der Waals surface area contributed by atoms with Gasteiger partial charge in [-0.05, 0) is 69.1 Å². The van der Waals surface area contributed by atoms with Crippen molar-refractivity contribution in [2.45, 2.75) is 74.3 Å². The number of alkyl halides is 4. The number of rotatable bonds is 8. The molecule has 2 aromatic carbocycles. The average molecular weight is 509 g/mol. The van der Waals surface area contributed by atoms with Crippen LogP contribution in [-0.4, -0.2) is 35.7 Å². The Morgan fingerprint density at radius 1 is 1.00 bits per heavy atom. The summed E-state index contributed by atoms with van der Waals surface area (Å²) >= 11 is 1.02. The van der Waals surface area contributed by atoms with Gasteiger partial charge in [-0.3, -0.25) is 9.69 Å². The van der Waals surface area contributed by atoms with Crippen LogP contribution < -0.4 is 5.32 Å². The number of benzene rings is 2. The molecule has 1 saturated heterocycles. The molecule has 1 unspecified atom stereocenters. The van der Waals surface area contributed by atoms with Crippen LogP contribution in [0.15, 0.2) is 47.4 Å². The van der Waals surface area contributed by atoms with Gasteiger partial charge in [0.25, 0.3) is 17.8 Å². The maximum atomic E-state index is 14.7. The van der Waals surface area contributed by atoms with Gasteiger partial charge in [-0.25, -0.2) is 17.6 Å². The second-order valence-corrected chi connectivity index (χ2v) is 10.7. The van der Waals surface area contributed by atoms with Gasteiger partial charge in [-0.1, -0.05) is 30.3 Å². The van der Waals surface area contributed by atoms with E-state index in [1.54, 1.807) is 6.26 Å². The molecule has 1 atom stereocenters. The zero-order valence-corrected chi connectivity index (χ0v) is 21.2. The van der Waals surface area contributed by atoms with Crippen LogP contribution in [0.3, 0.4) is 0 Å². The fourth-order valence-electron chi connectivity index (χ4n) is 5.48. The zero-order valence-electron chi connectivity index (χ0n) is 20.3. The normalized spacial score (nSPS) is 19.3. The predicted molar refractivity (Wildman–Crippen MR) is 131 cm³/mol. The van der Waals surface area contributed by atoms with Gasteiger partial charge in [0.1, 0.15) is 0 Å². The van der Waals surface area contributed by atoms with E-state index >= 15 is 0 Å². The first-order chi connectivity index (χ1) is 16.5. The van der Waals surface area contributed by atoms with Crippen molar-refractivity contribution < 1.29 is 22.4 Å². The molecule has 35 heavy (non-hydrogen) atoms. The summed E-state index contributed by atoms with van der Waals surface area (Å²) in [5.74, 6) is -7.43. The summed E-state index contributed by atoms with van der Waals surface area (Å²) in [5, 5.41) is 3.10. The molecule has 0 spiro atoms. The van der Waals surface area contributed by atoms with Crippen LogP contribution in [0.2, 0.25) is 0 Å². The van der Waals surface area contributed by atoms with Gasteiger partial charge in [0.05, 0.1) is 11.6 Å². The highest BCUT2D eigenvalue weighted by Crippen LogP contribution is 2.49. The largest absolute Gasteiger partial charge is 0.343 e. The third-order valence-electron chi connectivity index (χ3n) is 7.43. The van der Waals surface area contributed by atoms with Crippen molar-refractivity contribution in [1.82, 2.24) is 10.2 Å². The fourth-order valence-corrected chi connectivity index (χ4v) is 6.13. The molecular formula is C27H32F4N2OS. The average Bonchev–Trinajstić information content (AvgIpc) is 3.31. The van der Waals surface area contributed by atoms with Crippen LogP contribution in [0.4, 0.5) is 17.6 Å². The van der Waals surface area contributed by atoms with E-state index < -0.39 is 34.9 Å². The monoisotopic (exact) mass is 508 g/mol. The number of carbonyl (C=O) groups excluding carboxylic acids is 1. The summed E-state index contributed by atoms with van der Waals surface area (Å²) in [5.41, 5.74) is -0.788. The van der Waals surface area contributed by atoms with Gasteiger partial charge in [-0.2, -0.15) is 0 Å². The molecule has 2 aromatic rings. The highest BCUT2D eigenvalue weighted by molar-refractivity contribution is 7.98. The van der Waals surface area contributed by atoms with Crippen LogP contribution in [-0.2, 0) is 11.8 Å². The van der Waals surface area contributed by atoms with Crippen LogP contribution in [0.25, 0.3) is 0 Å². The van der Waals surface area contributed by atoms with Crippen molar-refractivity contribution in [2.75, 3.05) is 19.3 Å². The van der Waals surface area contributed by atoms with E-state index in [4.69, 9.17) is 0 Å². The highest BCUT2D eigenvalue weighted by Gasteiger charge is 2.50. The lowest BCUT2D eigenvalue weighted by molar-refractivity contribution is -0.00135. The van der Waals surface area contributed by atoms with E-state index in [9.17, 15) is 22.4 Å². The first-order valence-corrected chi connectivity index (χ1v) is 13.3. The van der Waals surface area contributed by atoms with Crippen molar-refractivity contribution in [3.63, 3.8) is 0 Å². The maximum Gasteiger partial charge on any atom is 0.271 e. The predicted octanol–water partition coefficient (Wildman–Crippen LogP) is 7.12. The Bertz CT molecular complexity index is 1060. The number of nitrogens with zero attached hydrogens (tertiary/aromatic N) is 1. The summed E-state index contributed by atoms with van der Waals surface area (Å²) in [4.78, 5) is 16.3. The van der Waals surface area contributed by atoms with Gasteiger partial charge >= 0.3 is 0 Å². The quantitative estimate of drug-likeness (QED) is 0.304. The molecule has 190 valence electrons. The second-order valence-electron chi connectivity index (χ2n) is 9.85. The second kappa shape index (κ2) is 9.77. The number of thioether (sulfide) groups is 1. The van der Waals surface area contributed by atoms with E-state index in [0.717, 1.165) is 74.7 Å². The van der Waals surface area contributed by atoms with Crippen molar-refractivity contribution in [3.05, 3.63) is 64.7 Å². The lowest BCUT2D eigenvalue weighted by Gasteiger charge is -2.54. The number of hydrogen-bond acceptors (Lipinski definition) is 3. The third kappa shape index (κ3) is 5.10. The summed E-state index contributed by atoms with van der Waals surface area (Å²) in [6, 6.07) is 11.2. The third-order valence-corrected chi connectivity index (χ3v) is 8.19. The smallest absolute Gasteiger partial charge is 0.271 e. The first kappa shape index (κ1) is 26.0. The van der Waals surface area contributed by atoms with Gasteiger partial charge in [-0.15, -0.1) is 11.8 Å². The molecule has 1 aliphatic carbocycles. The Kier molecular flexibility index (Phi) is 7.26. The van der Waals surface area contributed by atoms with Crippen molar-refractivity contribution >= 4 is 17.7 Å². The van der Waals surface area contributed by atoms with Crippen LogP contribution in [0.5, 0.6) is 0 Å². The van der Waals surface area contributed by atoms with E-state index in [1.165, 1.54) is 0 Å². The van der Waals surface area contributed by atoms with Crippen molar-refractivity contribution in [1.29, 1.82) is 0 Å². The number of likely N-dealkylation sites (tertiary alicyclic amines) is 1. The van der Waals surface area contributed by atoms with Crippen LogP contribution in [0.1, 0.15) is 79.0 Å². The molecule has 8 heteroatoms. The van der Waals surface area contributed by atoms with E-state index in [-0.39, 0.29) is 16.0 Å². The molecule has 1 saturated carbocycles.